The Morgan fingerprint density at radius 3 is 2.67 bits per heavy atom. The molecule has 88 valence electrons. The molecule has 1 N–H and O–H groups in total. The predicted octanol–water partition coefficient (Wildman–Crippen LogP) is 2.44. The van der Waals surface area contributed by atoms with Crippen LogP contribution in [0.2, 0.25) is 0 Å². The van der Waals surface area contributed by atoms with E-state index in [2.05, 4.69) is 0 Å². The molecule has 0 amide bonds. The average molecular weight is 214 g/mol. The number of ether oxygens (including phenoxy) is 1. The quantitative estimate of drug-likeness (QED) is 0.402. The van der Waals surface area contributed by atoms with E-state index in [9.17, 15) is 9.90 Å². The third-order valence-electron chi connectivity index (χ3n) is 2.26. The van der Waals surface area contributed by atoms with Crippen molar-refractivity contribution in [1.82, 2.24) is 0 Å². The molecule has 0 aliphatic heterocycles. The van der Waals surface area contributed by atoms with E-state index in [1.807, 2.05) is 19.1 Å². The van der Waals surface area contributed by atoms with Crippen molar-refractivity contribution in [2.24, 2.45) is 0 Å². The summed E-state index contributed by atoms with van der Waals surface area (Å²) in [6.45, 7) is 5.65. The first kappa shape index (κ1) is 14.2. The van der Waals surface area contributed by atoms with Crippen molar-refractivity contribution in [3.05, 3.63) is 12.2 Å². The molecule has 15 heavy (non-hydrogen) atoms. The lowest BCUT2D eigenvalue weighted by Crippen LogP contribution is -2.18. The van der Waals surface area contributed by atoms with Gasteiger partial charge in [0.15, 0.2) is 0 Å². The minimum absolute atomic E-state index is 0.223. The van der Waals surface area contributed by atoms with Crippen LogP contribution in [0.5, 0.6) is 0 Å². The van der Waals surface area contributed by atoms with Crippen molar-refractivity contribution in [3.8, 4) is 0 Å². The summed E-state index contributed by atoms with van der Waals surface area (Å²) < 4.78 is 4.80. The van der Waals surface area contributed by atoms with Gasteiger partial charge in [-0.05, 0) is 32.6 Å². The van der Waals surface area contributed by atoms with Gasteiger partial charge in [-0.2, -0.15) is 0 Å². The van der Waals surface area contributed by atoms with E-state index in [0.29, 0.717) is 6.61 Å². The molecule has 0 saturated heterocycles. The van der Waals surface area contributed by atoms with Crippen LogP contribution < -0.4 is 0 Å². The number of carbonyl (C=O) groups excluding carboxylic acids is 1. The second-order valence-electron chi connectivity index (χ2n) is 3.95. The third-order valence-corrected chi connectivity index (χ3v) is 2.26. The van der Waals surface area contributed by atoms with Gasteiger partial charge < -0.3 is 9.84 Å². The van der Waals surface area contributed by atoms with E-state index < -0.39 is 5.60 Å². The highest BCUT2D eigenvalue weighted by molar-refractivity contribution is 5.65. The second kappa shape index (κ2) is 7.46. The smallest absolute Gasteiger partial charge is 0.302 e. The first-order valence-corrected chi connectivity index (χ1v) is 5.51. The van der Waals surface area contributed by atoms with Crippen molar-refractivity contribution in [2.75, 3.05) is 6.61 Å². The van der Waals surface area contributed by atoms with Crippen molar-refractivity contribution in [1.29, 1.82) is 0 Å². The summed E-state index contributed by atoms with van der Waals surface area (Å²) in [4.78, 5) is 10.4. The first-order valence-electron chi connectivity index (χ1n) is 5.51. The maximum Gasteiger partial charge on any atom is 0.302 e. The Hall–Kier alpha value is -0.830. The molecular formula is C12H22O3. The molecular weight excluding hydrogens is 192 g/mol. The molecule has 0 aromatic carbocycles. The lowest BCUT2D eigenvalue weighted by atomic mass is 10.0. The van der Waals surface area contributed by atoms with E-state index in [4.69, 9.17) is 4.74 Å². The van der Waals surface area contributed by atoms with Gasteiger partial charge >= 0.3 is 5.97 Å². The summed E-state index contributed by atoms with van der Waals surface area (Å²) in [7, 11) is 0. The summed E-state index contributed by atoms with van der Waals surface area (Å²) in [5, 5.41) is 9.64. The minimum atomic E-state index is -0.685. The van der Waals surface area contributed by atoms with Crippen LogP contribution in [0.4, 0.5) is 0 Å². The molecule has 0 aromatic heterocycles. The molecule has 0 radical (unpaired) electrons. The fraction of sp³-hybridized carbons (Fsp3) is 0.750. The van der Waals surface area contributed by atoms with Gasteiger partial charge in [0.2, 0.25) is 0 Å². The van der Waals surface area contributed by atoms with Gasteiger partial charge in [-0.15, -0.1) is 0 Å². The fourth-order valence-electron chi connectivity index (χ4n) is 1.04. The Kier molecular flexibility index (Phi) is 7.05. The second-order valence-corrected chi connectivity index (χ2v) is 3.95. The van der Waals surface area contributed by atoms with Gasteiger partial charge in [0.05, 0.1) is 12.2 Å². The molecule has 0 rings (SSSR count). The number of rotatable bonds is 7. The van der Waals surface area contributed by atoms with Crippen LogP contribution in [0.1, 0.15) is 46.5 Å². The summed E-state index contributed by atoms with van der Waals surface area (Å²) in [6, 6.07) is 0. The summed E-state index contributed by atoms with van der Waals surface area (Å²) in [5.41, 5.74) is -0.685. The van der Waals surface area contributed by atoms with Gasteiger partial charge in [0, 0.05) is 6.92 Å². The highest BCUT2D eigenvalue weighted by Gasteiger charge is 2.11. The summed E-state index contributed by atoms with van der Waals surface area (Å²) in [5.74, 6) is -0.223. The van der Waals surface area contributed by atoms with E-state index in [-0.39, 0.29) is 5.97 Å². The average Bonchev–Trinajstić information content (AvgIpc) is 2.16. The summed E-state index contributed by atoms with van der Waals surface area (Å²) in [6.07, 6.45) is 7.30. The van der Waals surface area contributed by atoms with Gasteiger partial charge in [0.25, 0.3) is 0 Å². The number of esters is 1. The van der Waals surface area contributed by atoms with E-state index in [0.717, 1.165) is 25.7 Å². The van der Waals surface area contributed by atoms with Crippen molar-refractivity contribution in [3.63, 3.8) is 0 Å². The third kappa shape index (κ3) is 9.47. The van der Waals surface area contributed by atoms with E-state index in [1.165, 1.54) is 6.92 Å². The van der Waals surface area contributed by atoms with Crippen LogP contribution in [-0.2, 0) is 9.53 Å². The zero-order valence-corrected chi connectivity index (χ0v) is 9.95. The zero-order valence-electron chi connectivity index (χ0n) is 9.95. The van der Waals surface area contributed by atoms with Crippen LogP contribution in [0, 0.1) is 0 Å². The van der Waals surface area contributed by atoms with E-state index >= 15 is 0 Å². The molecule has 3 nitrogen and oxygen atoms in total. The highest BCUT2D eigenvalue weighted by Crippen LogP contribution is 2.10. The number of carbonyl (C=O) groups is 1. The monoisotopic (exact) mass is 214 g/mol. The van der Waals surface area contributed by atoms with Gasteiger partial charge in [-0.25, -0.2) is 0 Å². The molecule has 0 spiro atoms. The SMILES string of the molecule is CCC(C)(O)C=CCCCCOC(C)=O. The number of allylic oxidation sites excluding steroid dienone is 1. The van der Waals surface area contributed by atoms with Gasteiger partial charge in [0.1, 0.15) is 0 Å². The predicted molar refractivity (Wildman–Crippen MR) is 60.5 cm³/mol. The minimum Gasteiger partial charge on any atom is -0.466 e. The zero-order chi connectivity index (χ0) is 11.7. The topological polar surface area (TPSA) is 46.5 Å². The van der Waals surface area contributed by atoms with Crippen molar-refractivity contribution < 1.29 is 14.6 Å². The normalized spacial score (nSPS) is 15.2. The Labute approximate surface area is 92.1 Å². The standard InChI is InChI=1S/C12H22O3/c1-4-12(3,14)9-7-5-6-8-10-15-11(2)13/h7,9,14H,4-6,8,10H2,1-3H3. The highest BCUT2D eigenvalue weighted by atomic mass is 16.5. The maximum absolute atomic E-state index is 10.4. The molecule has 0 fully saturated rings. The largest absolute Gasteiger partial charge is 0.466 e. The molecule has 0 saturated carbocycles. The van der Waals surface area contributed by atoms with Crippen LogP contribution in [0.3, 0.4) is 0 Å². The lowest BCUT2D eigenvalue weighted by molar-refractivity contribution is -0.141. The molecule has 1 unspecified atom stereocenters. The van der Waals surface area contributed by atoms with Gasteiger partial charge in [-0.3, -0.25) is 4.79 Å². The van der Waals surface area contributed by atoms with Crippen molar-refractivity contribution in [2.45, 2.75) is 52.1 Å². The van der Waals surface area contributed by atoms with E-state index in [1.54, 1.807) is 6.92 Å². The van der Waals surface area contributed by atoms with Crippen molar-refractivity contribution >= 4 is 5.97 Å². The molecule has 0 heterocycles. The Morgan fingerprint density at radius 1 is 1.47 bits per heavy atom. The number of unbranched alkanes of at least 4 members (excludes halogenated alkanes) is 2. The maximum atomic E-state index is 10.4. The van der Waals surface area contributed by atoms with Crippen LogP contribution in [0.25, 0.3) is 0 Å². The van der Waals surface area contributed by atoms with Crippen LogP contribution in [0.15, 0.2) is 12.2 Å². The summed E-state index contributed by atoms with van der Waals surface area (Å²) >= 11 is 0. The Balaban J connectivity index is 3.42. The Morgan fingerprint density at radius 2 is 2.13 bits per heavy atom. The molecule has 3 heteroatoms. The van der Waals surface area contributed by atoms with Gasteiger partial charge in [-0.1, -0.05) is 19.1 Å². The molecule has 0 aliphatic carbocycles. The molecule has 0 bridgehead atoms. The first-order chi connectivity index (χ1) is 6.98. The molecule has 0 aliphatic rings. The lowest BCUT2D eigenvalue weighted by Gasteiger charge is -2.15. The number of hydrogen-bond donors (Lipinski definition) is 1. The van der Waals surface area contributed by atoms with Crippen LogP contribution in [-0.4, -0.2) is 23.3 Å². The number of aliphatic hydroxyl groups is 1. The fourth-order valence-corrected chi connectivity index (χ4v) is 1.04. The number of hydrogen-bond acceptors (Lipinski definition) is 3. The van der Waals surface area contributed by atoms with Crippen LogP contribution >= 0.6 is 0 Å². The molecule has 0 aromatic rings. The molecule has 1 atom stereocenters. The Bertz CT molecular complexity index is 207.